The van der Waals surface area contributed by atoms with Crippen molar-refractivity contribution in [1.82, 2.24) is 19.4 Å². The predicted molar refractivity (Wildman–Crippen MR) is 194 cm³/mol. The van der Waals surface area contributed by atoms with Gasteiger partial charge in [-0.05, 0) is 56.3 Å². The normalized spacial score (nSPS) is 22.6. The minimum atomic E-state index is -1.83. The third kappa shape index (κ3) is 8.16. The highest BCUT2D eigenvalue weighted by Crippen LogP contribution is 2.33. The summed E-state index contributed by atoms with van der Waals surface area (Å²) >= 11 is 1.60. The molecular formula is C36H42N6O10S. The first-order valence-corrected chi connectivity index (χ1v) is 18.2. The summed E-state index contributed by atoms with van der Waals surface area (Å²) < 4.78 is 25.4. The zero-order valence-electron chi connectivity index (χ0n) is 29.2. The first-order valence-electron chi connectivity index (χ1n) is 17.4. The number of piperidine rings is 1. The number of amides is 2. The Bertz CT molecular complexity index is 2060. The van der Waals surface area contributed by atoms with E-state index < -0.39 is 48.1 Å². The van der Waals surface area contributed by atoms with Crippen molar-refractivity contribution in [2.24, 2.45) is 0 Å². The maximum atomic E-state index is 12.8. The first-order chi connectivity index (χ1) is 25.4. The largest absolute Gasteiger partial charge is 0.492 e. The maximum Gasteiger partial charge on any atom is 0.335 e. The number of ether oxygens (including phenoxy) is 3. The fraction of sp³-hybridized carbons (Fsp3) is 0.444. The molecule has 7 rings (SSSR count). The van der Waals surface area contributed by atoms with Gasteiger partial charge in [0.15, 0.2) is 23.2 Å². The van der Waals surface area contributed by atoms with Crippen molar-refractivity contribution in [3.05, 3.63) is 60.5 Å². The van der Waals surface area contributed by atoms with E-state index in [2.05, 4.69) is 37.2 Å². The van der Waals surface area contributed by atoms with Crippen LogP contribution < -0.4 is 15.4 Å². The number of aliphatic carboxylic acids is 1. The summed E-state index contributed by atoms with van der Waals surface area (Å²) in [5.41, 5.74) is 2.40. The second-order valence-corrected chi connectivity index (χ2v) is 14.9. The molecule has 2 fully saturated rings. The van der Waals surface area contributed by atoms with E-state index in [4.69, 9.17) is 23.7 Å². The summed E-state index contributed by atoms with van der Waals surface area (Å²) in [6, 6.07) is 14.4. The Labute approximate surface area is 307 Å². The van der Waals surface area contributed by atoms with Gasteiger partial charge in [-0.25, -0.2) is 14.6 Å². The molecule has 0 radical (unpaired) electrons. The summed E-state index contributed by atoms with van der Waals surface area (Å²) in [5, 5.41) is 48.7. The number of carboxylic acids is 1. The summed E-state index contributed by atoms with van der Waals surface area (Å²) in [7, 11) is 0. The number of carbonyl (C=O) groups is 2. The number of thiazole rings is 1. The Morgan fingerprint density at radius 2 is 1.77 bits per heavy atom. The van der Waals surface area contributed by atoms with E-state index in [1.807, 2.05) is 24.4 Å². The van der Waals surface area contributed by atoms with Crippen LogP contribution in [0.4, 0.5) is 16.3 Å². The lowest BCUT2D eigenvalue weighted by molar-refractivity contribution is -0.296. The van der Waals surface area contributed by atoms with E-state index in [1.54, 1.807) is 37.3 Å². The summed E-state index contributed by atoms with van der Waals surface area (Å²) in [4.78, 5) is 32.3. The monoisotopic (exact) mass is 750 g/mol. The third-order valence-electron chi connectivity index (χ3n) is 9.47. The van der Waals surface area contributed by atoms with Gasteiger partial charge in [-0.3, -0.25) is 14.6 Å². The fourth-order valence-corrected chi connectivity index (χ4v) is 7.43. The second-order valence-electron chi connectivity index (χ2n) is 13.9. The van der Waals surface area contributed by atoms with Crippen LogP contribution >= 0.6 is 11.3 Å². The van der Waals surface area contributed by atoms with Crippen molar-refractivity contribution in [3.8, 4) is 17.0 Å². The van der Waals surface area contributed by atoms with Gasteiger partial charge in [-0.15, -0.1) is 0 Å². The van der Waals surface area contributed by atoms with Gasteiger partial charge in [-0.1, -0.05) is 48.9 Å². The highest BCUT2D eigenvalue weighted by atomic mass is 32.1. The molecule has 5 heterocycles. The van der Waals surface area contributed by atoms with Gasteiger partial charge in [0.2, 0.25) is 0 Å². The molecule has 0 saturated carbocycles. The molecule has 16 nitrogen and oxygen atoms in total. The Morgan fingerprint density at radius 1 is 1.00 bits per heavy atom. The van der Waals surface area contributed by atoms with Gasteiger partial charge < -0.3 is 44.5 Å². The predicted octanol–water partition coefficient (Wildman–Crippen LogP) is 3.90. The number of carboxylic acid groups (broad SMARTS) is 1. The summed E-state index contributed by atoms with van der Waals surface area (Å²) in [5.74, 6) is -0.217. The van der Waals surface area contributed by atoms with Gasteiger partial charge in [0.1, 0.15) is 36.4 Å². The number of anilines is 2. The molecule has 2 aliphatic heterocycles. The lowest BCUT2D eigenvalue weighted by Crippen LogP contribution is -2.60. The number of benzene rings is 2. The first kappa shape index (κ1) is 36.7. The number of carbonyl (C=O) groups excluding carboxylic acids is 1. The van der Waals surface area contributed by atoms with Gasteiger partial charge in [0.05, 0.1) is 22.5 Å². The molecule has 5 atom stereocenters. The fourth-order valence-electron chi connectivity index (χ4n) is 6.39. The molecule has 0 spiro atoms. The van der Waals surface area contributed by atoms with Gasteiger partial charge >= 0.3 is 12.0 Å². The zero-order chi connectivity index (χ0) is 37.3. The molecule has 0 bridgehead atoms. The van der Waals surface area contributed by atoms with Crippen LogP contribution in [-0.4, -0.2) is 115 Å². The molecule has 53 heavy (non-hydrogen) atoms. The molecule has 3 aromatic heterocycles. The van der Waals surface area contributed by atoms with E-state index in [0.717, 1.165) is 51.8 Å². The topological polar surface area (TPSA) is 213 Å². The lowest BCUT2D eigenvalue weighted by Gasteiger charge is -2.39. The minimum absolute atomic E-state index is 0.127. The molecule has 0 aliphatic carbocycles. The number of nitrogens with one attached hydrogen (secondary N) is 2. The Hall–Kier alpha value is -4.62. The molecular weight excluding hydrogens is 708 g/mol. The number of nitrogens with zero attached hydrogens (tertiary/aromatic N) is 4. The maximum absolute atomic E-state index is 12.8. The molecule has 5 aromatic rings. The van der Waals surface area contributed by atoms with E-state index >= 15 is 0 Å². The van der Waals surface area contributed by atoms with Crippen LogP contribution in [-0.2, 0) is 19.7 Å². The molecule has 5 unspecified atom stereocenters. The van der Waals surface area contributed by atoms with Gasteiger partial charge in [0.25, 0.3) is 0 Å². The number of imidazole rings is 1. The van der Waals surface area contributed by atoms with E-state index in [9.17, 15) is 30.0 Å². The Kier molecular flexibility index (Phi) is 10.7. The van der Waals surface area contributed by atoms with E-state index in [0.29, 0.717) is 18.1 Å². The second kappa shape index (κ2) is 15.4. The number of likely N-dealkylation sites (tertiary alicyclic amines) is 1. The SMILES string of the molecule is CC(C)(COC1OC(C(=O)O)C(O)C(O)C1O)c1cc(NC(=O)Nc2ccc(-c3cn4c(n3)sc3cc(OCCN5CCCCC5)ccc34)cc2)no1. The summed E-state index contributed by atoms with van der Waals surface area (Å²) in [6.45, 7) is 7.22. The number of rotatable bonds is 12. The van der Waals surface area contributed by atoms with Crippen LogP contribution in [0, 0.1) is 0 Å². The number of hydrogen-bond acceptors (Lipinski definition) is 13. The molecule has 282 valence electrons. The highest BCUT2D eigenvalue weighted by molar-refractivity contribution is 7.23. The quantitative estimate of drug-likeness (QED) is 0.107. The number of aliphatic hydroxyl groups is 3. The van der Waals surface area contributed by atoms with Crippen LogP contribution in [0.15, 0.2) is 59.3 Å². The lowest BCUT2D eigenvalue weighted by atomic mass is 9.91. The van der Waals surface area contributed by atoms with E-state index in [-0.39, 0.29) is 12.4 Å². The molecule has 2 amide bonds. The van der Waals surface area contributed by atoms with Crippen molar-refractivity contribution in [2.45, 2.75) is 69.2 Å². The Balaban J connectivity index is 0.914. The minimum Gasteiger partial charge on any atom is -0.492 e. The van der Waals surface area contributed by atoms with Crippen LogP contribution in [0.1, 0.15) is 38.9 Å². The summed E-state index contributed by atoms with van der Waals surface area (Å²) in [6.07, 6.45) is -2.75. The van der Waals surface area contributed by atoms with Crippen molar-refractivity contribution >= 4 is 50.0 Å². The number of aromatic nitrogens is 3. The third-order valence-corrected chi connectivity index (χ3v) is 10.5. The van der Waals surface area contributed by atoms with Crippen LogP contribution in [0.3, 0.4) is 0 Å². The zero-order valence-corrected chi connectivity index (χ0v) is 30.0. The van der Waals surface area contributed by atoms with Crippen LogP contribution in [0.25, 0.3) is 26.4 Å². The molecule has 2 aliphatic rings. The molecule has 2 aromatic carbocycles. The van der Waals surface area contributed by atoms with E-state index in [1.165, 1.54) is 25.3 Å². The van der Waals surface area contributed by atoms with Crippen molar-refractivity contribution in [1.29, 1.82) is 0 Å². The van der Waals surface area contributed by atoms with Crippen molar-refractivity contribution in [3.63, 3.8) is 0 Å². The standard InChI is InChI=1S/C36H42N6O10S/c1-36(2,19-50-33-30(45)28(43)29(44)31(51-33)32(46)47)26-17-27(40-52-26)39-34(48)37-21-8-6-20(7-9-21)23-18-42-24-11-10-22(16-25(24)53-35(42)38-23)49-15-14-41-12-4-3-5-13-41/h6-11,16-18,28-31,33,43-45H,3-5,12-15,19H2,1-2H3,(H,46,47)(H2,37,39,40,48). The number of aliphatic hydroxyl groups excluding tert-OH is 3. The van der Waals surface area contributed by atoms with Gasteiger partial charge in [0, 0.05) is 35.5 Å². The van der Waals surface area contributed by atoms with Gasteiger partial charge in [-0.2, -0.15) is 0 Å². The average molecular weight is 751 g/mol. The highest BCUT2D eigenvalue weighted by Gasteiger charge is 2.48. The van der Waals surface area contributed by atoms with Crippen LogP contribution in [0.5, 0.6) is 5.75 Å². The molecule has 6 N–H and O–H groups in total. The van der Waals surface area contributed by atoms with Crippen molar-refractivity contribution in [2.75, 3.05) is 43.5 Å². The Morgan fingerprint density at radius 3 is 2.53 bits per heavy atom. The average Bonchev–Trinajstić information content (AvgIpc) is 3.87. The number of fused-ring (bicyclic) bond motifs is 3. The number of hydrogen-bond donors (Lipinski definition) is 6. The number of urea groups is 1. The molecule has 17 heteroatoms. The molecule has 2 saturated heterocycles. The van der Waals surface area contributed by atoms with Crippen LogP contribution in [0.2, 0.25) is 0 Å². The van der Waals surface area contributed by atoms with Crippen molar-refractivity contribution < 1.29 is 48.7 Å². The smallest absolute Gasteiger partial charge is 0.335 e.